The van der Waals surface area contributed by atoms with Gasteiger partial charge in [-0.05, 0) is 86.2 Å². The molecule has 0 unspecified atom stereocenters. The van der Waals surface area contributed by atoms with Gasteiger partial charge in [-0.2, -0.15) is 0 Å². The smallest absolute Gasteiger partial charge is 0.139 e. The number of aliphatic hydroxyl groups is 1. The Labute approximate surface area is 174 Å². The normalized spacial score (nSPS) is 46.5. The van der Waals surface area contributed by atoms with Crippen molar-refractivity contribution in [3.05, 3.63) is 24.3 Å². The molecule has 0 bridgehead atoms. The summed E-state index contributed by atoms with van der Waals surface area (Å²) in [5.41, 5.74) is 0.826. The number of aliphatic hydroxyl groups excluding tert-OH is 1. The molecule has 4 heteroatoms. The van der Waals surface area contributed by atoms with Gasteiger partial charge in [0.15, 0.2) is 0 Å². The zero-order valence-corrected chi connectivity index (χ0v) is 17.7. The maximum atomic E-state index is 12.6. The number of phenolic OH excluding ortho intramolecular Hbond substituents is 1. The maximum absolute atomic E-state index is 12.6. The summed E-state index contributed by atoms with van der Waals surface area (Å²) in [5, 5.41) is 24.6. The number of para-hydroxylation sites is 2. The van der Waals surface area contributed by atoms with Crippen molar-refractivity contribution in [2.45, 2.75) is 77.4 Å². The standard InChI is InChI=1S/C25H35NO3/c1-24-12-11-18-16(17(24)9-10-23(24)29)8-7-15-13-22(28)20(14-25(15,18)2)26-19-5-3-4-6-21(19)27/h3-6,15-18,20,22,26-28H,7-14H2,1-2H3/t15-,16-,17-,18-,20-,22-,24-,25-/m0/s1. The minimum atomic E-state index is -0.383. The predicted octanol–water partition coefficient (Wildman–Crippen LogP) is 4.76. The lowest BCUT2D eigenvalue weighted by atomic mass is 9.44. The molecule has 0 saturated heterocycles. The SMILES string of the molecule is C[C@]12C[C@H](Nc3ccccc3O)[C@@H](O)C[C@@H]1CC[C@@H]1[C@@H]2CC[C@]2(C)C(=O)CC[C@@H]12. The Kier molecular flexibility index (Phi) is 4.51. The average molecular weight is 398 g/mol. The van der Waals surface area contributed by atoms with E-state index in [-0.39, 0.29) is 28.7 Å². The van der Waals surface area contributed by atoms with E-state index in [1.807, 2.05) is 18.2 Å². The van der Waals surface area contributed by atoms with Crippen LogP contribution in [0.5, 0.6) is 5.75 Å². The number of carbonyl (C=O) groups is 1. The van der Waals surface area contributed by atoms with Crippen LogP contribution >= 0.6 is 0 Å². The van der Waals surface area contributed by atoms with Crippen LogP contribution in [0.2, 0.25) is 0 Å². The van der Waals surface area contributed by atoms with Crippen molar-refractivity contribution in [3.63, 3.8) is 0 Å². The molecule has 5 rings (SSSR count). The number of phenols is 1. The third-order valence-electron chi connectivity index (χ3n) is 9.67. The fourth-order valence-corrected chi connectivity index (χ4v) is 8.02. The van der Waals surface area contributed by atoms with Gasteiger partial charge in [0.25, 0.3) is 0 Å². The van der Waals surface area contributed by atoms with Gasteiger partial charge in [0, 0.05) is 11.8 Å². The third-order valence-corrected chi connectivity index (χ3v) is 9.67. The highest BCUT2D eigenvalue weighted by Gasteiger charge is 2.61. The number of fused-ring (bicyclic) bond motifs is 5. The van der Waals surface area contributed by atoms with E-state index >= 15 is 0 Å². The summed E-state index contributed by atoms with van der Waals surface area (Å²) >= 11 is 0. The number of Topliss-reactive ketones (excluding diaryl/α,β-unsaturated/α-hetero) is 1. The number of benzene rings is 1. The lowest BCUT2D eigenvalue weighted by molar-refractivity contribution is -0.143. The Morgan fingerprint density at radius 2 is 1.86 bits per heavy atom. The zero-order chi connectivity index (χ0) is 20.4. The van der Waals surface area contributed by atoms with Gasteiger partial charge in [-0.25, -0.2) is 0 Å². The Morgan fingerprint density at radius 1 is 1.07 bits per heavy atom. The fraction of sp³-hybridized carbons (Fsp3) is 0.720. The quantitative estimate of drug-likeness (QED) is 0.630. The predicted molar refractivity (Wildman–Crippen MR) is 114 cm³/mol. The van der Waals surface area contributed by atoms with Crippen molar-refractivity contribution in [2.75, 3.05) is 5.32 Å². The number of carbonyl (C=O) groups excluding carboxylic acids is 1. The molecule has 0 heterocycles. The summed E-state index contributed by atoms with van der Waals surface area (Å²) < 4.78 is 0. The number of nitrogens with one attached hydrogen (secondary N) is 1. The minimum Gasteiger partial charge on any atom is -0.506 e. The maximum Gasteiger partial charge on any atom is 0.139 e. The van der Waals surface area contributed by atoms with Gasteiger partial charge in [0.2, 0.25) is 0 Å². The molecular weight excluding hydrogens is 362 g/mol. The first kappa shape index (κ1) is 19.4. The van der Waals surface area contributed by atoms with Crippen LogP contribution in [0.25, 0.3) is 0 Å². The lowest BCUT2D eigenvalue weighted by Gasteiger charge is -2.61. The minimum absolute atomic E-state index is 0.0400. The largest absolute Gasteiger partial charge is 0.506 e. The van der Waals surface area contributed by atoms with E-state index in [0.717, 1.165) is 38.5 Å². The molecule has 0 aliphatic heterocycles. The van der Waals surface area contributed by atoms with Crippen molar-refractivity contribution >= 4 is 11.5 Å². The molecule has 1 aromatic carbocycles. The van der Waals surface area contributed by atoms with Gasteiger partial charge in [-0.1, -0.05) is 26.0 Å². The first-order valence-electron chi connectivity index (χ1n) is 11.6. The number of hydrogen-bond acceptors (Lipinski definition) is 4. The third kappa shape index (κ3) is 2.85. The van der Waals surface area contributed by atoms with E-state index in [1.165, 1.54) is 12.8 Å². The Hall–Kier alpha value is -1.55. The molecule has 0 aromatic heterocycles. The number of rotatable bonds is 2. The summed E-state index contributed by atoms with van der Waals surface area (Å²) in [5.74, 6) is 3.16. The van der Waals surface area contributed by atoms with Crippen LogP contribution in [0.1, 0.15) is 65.2 Å². The highest BCUT2D eigenvalue weighted by atomic mass is 16.3. The first-order chi connectivity index (χ1) is 13.8. The van der Waals surface area contributed by atoms with Crippen molar-refractivity contribution < 1.29 is 15.0 Å². The second kappa shape index (κ2) is 6.73. The molecule has 4 aliphatic rings. The van der Waals surface area contributed by atoms with Crippen LogP contribution in [-0.4, -0.2) is 28.1 Å². The molecule has 0 amide bonds. The van der Waals surface area contributed by atoms with E-state index in [0.29, 0.717) is 35.1 Å². The van der Waals surface area contributed by atoms with E-state index in [9.17, 15) is 15.0 Å². The van der Waals surface area contributed by atoms with Gasteiger partial charge in [-0.3, -0.25) is 4.79 Å². The highest BCUT2D eigenvalue weighted by molar-refractivity contribution is 5.87. The van der Waals surface area contributed by atoms with Crippen LogP contribution < -0.4 is 5.32 Å². The number of ketones is 1. The molecule has 8 atom stereocenters. The van der Waals surface area contributed by atoms with Gasteiger partial charge in [0.05, 0.1) is 17.8 Å². The van der Waals surface area contributed by atoms with Gasteiger partial charge >= 0.3 is 0 Å². The number of anilines is 1. The molecule has 4 fully saturated rings. The first-order valence-corrected chi connectivity index (χ1v) is 11.6. The summed E-state index contributed by atoms with van der Waals surface area (Å²) in [4.78, 5) is 12.6. The van der Waals surface area contributed by atoms with E-state index in [4.69, 9.17) is 0 Å². The Bertz CT molecular complexity index is 809. The molecule has 0 radical (unpaired) electrons. The molecule has 4 saturated carbocycles. The summed E-state index contributed by atoms with van der Waals surface area (Å²) in [7, 11) is 0. The van der Waals surface area contributed by atoms with Gasteiger partial charge in [0.1, 0.15) is 11.5 Å². The van der Waals surface area contributed by atoms with Crippen LogP contribution in [0.15, 0.2) is 24.3 Å². The summed E-state index contributed by atoms with van der Waals surface area (Å²) in [6.45, 7) is 4.70. The van der Waals surface area contributed by atoms with E-state index in [1.54, 1.807) is 6.07 Å². The molecule has 3 N–H and O–H groups in total. The fourth-order valence-electron chi connectivity index (χ4n) is 8.02. The zero-order valence-electron chi connectivity index (χ0n) is 17.7. The molecule has 1 aromatic rings. The van der Waals surface area contributed by atoms with Crippen molar-refractivity contribution in [1.29, 1.82) is 0 Å². The molecule has 4 aliphatic carbocycles. The molecule has 158 valence electrons. The van der Waals surface area contributed by atoms with Crippen molar-refractivity contribution in [2.24, 2.45) is 34.5 Å². The van der Waals surface area contributed by atoms with Crippen molar-refractivity contribution in [3.8, 4) is 5.75 Å². The second-order valence-electron chi connectivity index (χ2n) is 10.9. The monoisotopic (exact) mass is 397 g/mol. The number of aromatic hydroxyl groups is 1. The van der Waals surface area contributed by atoms with Crippen LogP contribution in [-0.2, 0) is 4.79 Å². The van der Waals surface area contributed by atoms with Crippen LogP contribution in [0.4, 0.5) is 5.69 Å². The van der Waals surface area contributed by atoms with Gasteiger partial charge in [-0.15, -0.1) is 0 Å². The van der Waals surface area contributed by atoms with Crippen molar-refractivity contribution in [1.82, 2.24) is 0 Å². The molecular formula is C25H35NO3. The lowest BCUT2D eigenvalue weighted by Crippen LogP contribution is -2.57. The average Bonchev–Trinajstić information content (AvgIpc) is 2.99. The molecule has 4 nitrogen and oxygen atoms in total. The topological polar surface area (TPSA) is 69.6 Å². The van der Waals surface area contributed by atoms with Crippen LogP contribution in [0.3, 0.4) is 0 Å². The van der Waals surface area contributed by atoms with Gasteiger partial charge < -0.3 is 15.5 Å². The van der Waals surface area contributed by atoms with Crippen LogP contribution in [0, 0.1) is 34.5 Å². The Balaban J connectivity index is 1.41. The molecule has 0 spiro atoms. The number of hydrogen-bond donors (Lipinski definition) is 3. The molecule has 29 heavy (non-hydrogen) atoms. The van der Waals surface area contributed by atoms with E-state index in [2.05, 4.69) is 19.2 Å². The van der Waals surface area contributed by atoms with E-state index < -0.39 is 0 Å². The summed E-state index contributed by atoms with van der Waals surface area (Å²) in [6.07, 6.45) is 7.85. The second-order valence-corrected chi connectivity index (χ2v) is 10.9. The Morgan fingerprint density at radius 3 is 2.66 bits per heavy atom. The summed E-state index contributed by atoms with van der Waals surface area (Å²) in [6, 6.07) is 7.27. The highest BCUT2D eigenvalue weighted by Crippen LogP contribution is 2.65.